The van der Waals surface area contributed by atoms with Crippen LogP contribution in [0.5, 0.6) is 0 Å². The fourth-order valence-corrected chi connectivity index (χ4v) is 2.59. The maximum Gasteiger partial charge on any atom is 0.0667 e. The van der Waals surface area contributed by atoms with Crippen molar-refractivity contribution >= 4 is 0 Å². The Morgan fingerprint density at radius 1 is 1.00 bits per heavy atom. The Balaban J connectivity index is 4.75. The van der Waals surface area contributed by atoms with Crippen LogP contribution in [0.1, 0.15) is 54.4 Å². The summed E-state index contributed by atoms with van der Waals surface area (Å²) < 4.78 is 6.26. The zero-order valence-corrected chi connectivity index (χ0v) is 13.3. The molecule has 0 aliphatic carbocycles. The number of nitrogens with zero attached hydrogens (tertiary/aromatic N) is 1. The topological polar surface area (TPSA) is 12.5 Å². The molecule has 0 radical (unpaired) electrons. The number of rotatable bonds is 8. The lowest BCUT2D eigenvalue weighted by Gasteiger charge is -2.43. The van der Waals surface area contributed by atoms with Gasteiger partial charge in [-0.25, -0.2) is 0 Å². The van der Waals surface area contributed by atoms with Crippen molar-refractivity contribution in [1.82, 2.24) is 4.90 Å². The van der Waals surface area contributed by atoms with Gasteiger partial charge in [-0.3, -0.25) is 0 Å². The molecule has 0 aromatic carbocycles. The van der Waals surface area contributed by atoms with E-state index in [-0.39, 0.29) is 16.7 Å². The lowest BCUT2D eigenvalue weighted by molar-refractivity contribution is -0.136. The van der Waals surface area contributed by atoms with Crippen LogP contribution in [0.15, 0.2) is 25.4 Å². The second kappa shape index (κ2) is 5.92. The normalized spacial score (nSPS) is 13.3. The molecule has 2 heteroatoms. The van der Waals surface area contributed by atoms with Crippen LogP contribution in [0.4, 0.5) is 0 Å². The highest BCUT2D eigenvalue weighted by molar-refractivity contribution is 4.93. The van der Waals surface area contributed by atoms with Gasteiger partial charge in [0.15, 0.2) is 0 Å². The zero-order chi connectivity index (χ0) is 14.6. The molecule has 0 atom stereocenters. The van der Waals surface area contributed by atoms with Gasteiger partial charge < -0.3 is 9.64 Å². The predicted molar refractivity (Wildman–Crippen MR) is 80.7 cm³/mol. The van der Waals surface area contributed by atoms with Crippen molar-refractivity contribution in [2.45, 2.75) is 71.1 Å². The molecule has 0 fully saturated rings. The van der Waals surface area contributed by atoms with Crippen molar-refractivity contribution in [2.24, 2.45) is 0 Å². The van der Waals surface area contributed by atoms with E-state index in [1.165, 1.54) is 0 Å². The number of ether oxygens (including phenoxy) is 1. The minimum absolute atomic E-state index is 0.0233. The first-order valence-corrected chi connectivity index (χ1v) is 6.62. The van der Waals surface area contributed by atoms with E-state index in [0.29, 0.717) is 0 Å². The lowest BCUT2D eigenvalue weighted by Crippen LogP contribution is -2.47. The van der Waals surface area contributed by atoms with E-state index in [2.05, 4.69) is 66.6 Å². The molecule has 0 heterocycles. The number of hydrogen-bond acceptors (Lipinski definition) is 2. The molecule has 0 N–H and O–H groups in total. The Bertz CT molecular complexity index is 289. The summed E-state index contributed by atoms with van der Waals surface area (Å²) in [5.74, 6) is 0. The predicted octanol–water partition coefficient (Wildman–Crippen LogP) is 4.38. The maximum absolute atomic E-state index is 6.26. The van der Waals surface area contributed by atoms with Crippen LogP contribution >= 0.6 is 0 Å². The first-order valence-electron chi connectivity index (χ1n) is 6.62. The molecule has 0 aliphatic heterocycles. The molecule has 0 bridgehead atoms. The van der Waals surface area contributed by atoms with Crippen LogP contribution in [-0.4, -0.2) is 28.7 Å². The van der Waals surface area contributed by atoms with Gasteiger partial charge in [0.05, 0.1) is 11.2 Å². The SMILES string of the molecule is C=CCC(C)(C)OC(C)(C)CC(C)(C)N(C)C=C. The van der Waals surface area contributed by atoms with Crippen LogP contribution in [0.3, 0.4) is 0 Å². The largest absolute Gasteiger partial charge is 0.376 e. The van der Waals surface area contributed by atoms with Crippen LogP contribution in [0.2, 0.25) is 0 Å². The van der Waals surface area contributed by atoms with Gasteiger partial charge in [-0.1, -0.05) is 12.7 Å². The maximum atomic E-state index is 6.26. The molecule has 0 aromatic heterocycles. The summed E-state index contributed by atoms with van der Waals surface area (Å²) in [6.45, 7) is 20.6. The van der Waals surface area contributed by atoms with Gasteiger partial charge in [0.2, 0.25) is 0 Å². The monoisotopic (exact) mass is 253 g/mol. The smallest absolute Gasteiger partial charge is 0.0667 e. The van der Waals surface area contributed by atoms with Gasteiger partial charge in [0, 0.05) is 12.6 Å². The first-order chi connectivity index (χ1) is 7.96. The van der Waals surface area contributed by atoms with Crippen LogP contribution in [0.25, 0.3) is 0 Å². The van der Waals surface area contributed by atoms with E-state index >= 15 is 0 Å². The van der Waals surface area contributed by atoms with E-state index < -0.39 is 0 Å². The van der Waals surface area contributed by atoms with Gasteiger partial charge in [-0.15, -0.1) is 6.58 Å². The van der Waals surface area contributed by atoms with E-state index in [1.54, 1.807) is 0 Å². The fraction of sp³-hybridized carbons (Fsp3) is 0.750. The van der Waals surface area contributed by atoms with Gasteiger partial charge in [0.1, 0.15) is 0 Å². The van der Waals surface area contributed by atoms with Crippen molar-refractivity contribution in [3.05, 3.63) is 25.4 Å². The molecule has 0 saturated carbocycles. The van der Waals surface area contributed by atoms with Crippen molar-refractivity contribution in [2.75, 3.05) is 7.05 Å². The van der Waals surface area contributed by atoms with E-state index in [4.69, 9.17) is 4.74 Å². The third-order valence-corrected chi connectivity index (χ3v) is 3.28. The summed E-state index contributed by atoms with van der Waals surface area (Å²) in [5, 5.41) is 0. The van der Waals surface area contributed by atoms with Crippen LogP contribution in [0, 0.1) is 0 Å². The molecular weight excluding hydrogens is 222 g/mol. The Kier molecular flexibility index (Phi) is 5.67. The molecule has 18 heavy (non-hydrogen) atoms. The summed E-state index contributed by atoms with van der Waals surface area (Å²) in [5.41, 5.74) is -0.336. The van der Waals surface area contributed by atoms with Gasteiger partial charge in [-0.05, 0) is 60.6 Å². The van der Waals surface area contributed by atoms with Crippen molar-refractivity contribution in [3.63, 3.8) is 0 Å². The summed E-state index contributed by atoms with van der Waals surface area (Å²) in [6, 6.07) is 0. The van der Waals surface area contributed by atoms with Crippen LogP contribution < -0.4 is 0 Å². The van der Waals surface area contributed by atoms with E-state index in [1.807, 2.05) is 12.3 Å². The molecule has 0 spiro atoms. The van der Waals surface area contributed by atoms with E-state index in [0.717, 1.165) is 12.8 Å². The highest BCUT2D eigenvalue weighted by Gasteiger charge is 2.35. The zero-order valence-electron chi connectivity index (χ0n) is 13.3. The third kappa shape index (κ3) is 5.72. The molecule has 0 unspecified atom stereocenters. The molecule has 0 aliphatic rings. The molecule has 0 saturated heterocycles. The molecule has 0 aromatic rings. The van der Waals surface area contributed by atoms with Crippen molar-refractivity contribution in [3.8, 4) is 0 Å². The highest BCUT2D eigenvalue weighted by atomic mass is 16.5. The molecule has 2 nitrogen and oxygen atoms in total. The fourth-order valence-electron chi connectivity index (χ4n) is 2.59. The highest BCUT2D eigenvalue weighted by Crippen LogP contribution is 2.32. The summed E-state index contributed by atoms with van der Waals surface area (Å²) in [6.07, 6.45) is 5.57. The average Bonchev–Trinajstić information content (AvgIpc) is 2.12. The quantitative estimate of drug-likeness (QED) is 0.595. The Labute approximate surface area is 114 Å². The minimum atomic E-state index is -0.187. The summed E-state index contributed by atoms with van der Waals surface area (Å²) in [7, 11) is 2.05. The third-order valence-electron chi connectivity index (χ3n) is 3.28. The van der Waals surface area contributed by atoms with Gasteiger partial charge >= 0.3 is 0 Å². The lowest BCUT2D eigenvalue weighted by atomic mass is 9.87. The Morgan fingerprint density at radius 3 is 1.89 bits per heavy atom. The van der Waals surface area contributed by atoms with Crippen molar-refractivity contribution < 1.29 is 4.74 Å². The summed E-state index contributed by atoms with van der Waals surface area (Å²) >= 11 is 0. The molecule has 106 valence electrons. The van der Waals surface area contributed by atoms with Crippen molar-refractivity contribution in [1.29, 1.82) is 0 Å². The Hall–Kier alpha value is -0.760. The Morgan fingerprint density at radius 2 is 1.50 bits per heavy atom. The number of hydrogen-bond donors (Lipinski definition) is 0. The van der Waals surface area contributed by atoms with E-state index in [9.17, 15) is 0 Å². The van der Waals surface area contributed by atoms with Crippen LogP contribution in [-0.2, 0) is 4.74 Å². The second-order valence-corrected chi connectivity index (χ2v) is 6.90. The molecule has 0 rings (SSSR count). The first kappa shape index (κ1) is 17.2. The molecular formula is C16H31NO. The molecule has 0 amide bonds. The second-order valence-electron chi connectivity index (χ2n) is 6.90. The van der Waals surface area contributed by atoms with Gasteiger partial charge in [0.25, 0.3) is 0 Å². The average molecular weight is 253 g/mol. The minimum Gasteiger partial charge on any atom is -0.376 e. The summed E-state index contributed by atoms with van der Waals surface area (Å²) in [4.78, 5) is 2.14. The van der Waals surface area contributed by atoms with Gasteiger partial charge in [-0.2, -0.15) is 0 Å². The standard InChI is InChI=1S/C16H31NO/c1-10-12-15(5,6)18-16(7,8)13-14(3,4)17(9)11-2/h10-11H,1-2,12-13H2,3-9H3.